The van der Waals surface area contributed by atoms with E-state index in [9.17, 15) is 23.5 Å². The van der Waals surface area contributed by atoms with Gasteiger partial charge >= 0.3 is 0 Å². The van der Waals surface area contributed by atoms with Gasteiger partial charge in [-0.25, -0.2) is 8.78 Å². The number of benzene rings is 4. The Balaban J connectivity index is 0.000000211. The first-order valence-electron chi connectivity index (χ1n) is 18.1. The lowest BCUT2D eigenvalue weighted by atomic mass is 10.0. The van der Waals surface area contributed by atoms with Crippen LogP contribution < -0.4 is 38.3 Å². The van der Waals surface area contributed by atoms with E-state index in [1.165, 1.54) is 30.3 Å². The van der Waals surface area contributed by atoms with Crippen LogP contribution in [0.4, 0.5) is 8.78 Å². The van der Waals surface area contributed by atoms with Crippen molar-refractivity contribution in [1.82, 2.24) is 20.6 Å². The van der Waals surface area contributed by atoms with Gasteiger partial charge in [0.15, 0.2) is 0 Å². The number of phenols is 1. The molecular formula is C41H48F2N8O4. The monoisotopic (exact) mass is 754 g/mol. The van der Waals surface area contributed by atoms with Gasteiger partial charge in [0.05, 0.1) is 18.1 Å². The Labute approximate surface area is 317 Å². The molecule has 0 radical (unpaired) electrons. The minimum Gasteiger partial charge on any atom is -0.506 e. The van der Waals surface area contributed by atoms with Gasteiger partial charge in [0.25, 0.3) is 11.8 Å². The molecule has 55 heavy (non-hydrogen) atoms. The molecule has 14 heteroatoms. The summed E-state index contributed by atoms with van der Waals surface area (Å²) in [6.07, 6.45) is 3.05. The molecule has 12 nitrogen and oxygen atoms in total. The maximum absolute atomic E-state index is 13.4. The van der Waals surface area contributed by atoms with Crippen LogP contribution in [-0.2, 0) is 0 Å². The standard InChI is InChI=1S/C21H25FN4O2.C20H23FN4O2/c1-28-17-6-2-5-16-18(13-7-9-14(22)10-8-13)20(26-19(16)17)21(27)25-12-15(24)4-3-11-23;21-13-8-6-12(7-9-13)17-15-4-1-5-16(26)18(15)25-19(17)20(27)24-11-14(23)3-2-10-22/h2,5-10,15,26H,3-4,11-12,23-24H2,1H3,(H,25,27);1,4-9,14,25-26H,2-3,10-11,22-23H2,(H,24,27)/t15-;14-/m00/s1. The number of fused-ring (bicyclic) bond motifs is 2. The molecule has 6 aromatic rings. The number of phenolic OH excluding ortho intramolecular Hbond substituents is 1. The number of amides is 2. The summed E-state index contributed by atoms with van der Waals surface area (Å²) < 4.78 is 32.1. The minimum atomic E-state index is -0.363. The van der Waals surface area contributed by atoms with Crippen molar-refractivity contribution in [3.05, 3.63) is 108 Å². The van der Waals surface area contributed by atoms with Gasteiger partial charge in [-0.3, -0.25) is 9.59 Å². The second-order valence-electron chi connectivity index (χ2n) is 13.1. The van der Waals surface area contributed by atoms with Crippen molar-refractivity contribution < 1.29 is 28.2 Å². The second kappa shape index (κ2) is 19.0. The molecule has 6 rings (SSSR count). The fourth-order valence-electron chi connectivity index (χ4n) is 6.32. The lowest BCUT2D eigenvalue weighted by molar-refractivity contribution is 0.0939. The van der Waals surface area contributed by atoms with Crippen LogP contribution in [0.15, 0.2) is 84.9 Å². The molecule has 290 valence electrons. The maximum atomic E-state index is 13.4. The fourth-order valence-corrected chi connectivity index (χ4v) is 6.32. The number of hydrogen-bond donors (Lipinski definition) is 9. The number of methoxy groups -OCH3 is 1. The molecule has 0 saturated heterocycles. The summed E-state index contributed by atoms with van der Waals surface area (Å²) in [4.78, 5) is 31.9. The molecule has 0 spiro atoms. The van der Waals surface area contributed by atoms with Crippen LogP contribution in [-0.4, -0.2) is 72.3 Å². The highest BCUT2D eigenvalue weighted by atomic mass is 19.1. The van der Waals surface area contributed by atoms with Crippen LogP contribution in [0.25, 0.3) is 44.1 Å². The molecule has 2 aromatic heterocycles. The highest BCUT2D eigenvalue weighted by molar-refractivity contribution is 6.12. The van der Waals surface area contributed by atoms with Crippen LogP contribution in [0.1, 0.15) is 46.7 Å². The number of H-pyrrole nitrogens is 2. The molecule has 0 aliphatic carbocycles. The number of halogens is 2. The molecule has 0 bridgehead atoms. The van der Waals surface area contributed by atoms with Crippen molar-refractivity contribution in [3.8, 4) is 33.8 Å². The van der Waals surface area contributed by atoms with Gasteiger partial charge in [-0.2, -0.15) is 0 Å². The van der Waals surface area contributed by atoms with Gasteiger partial charge in [-0.15, -0.1) is 0 Å². The summed E-state index contributed by atoms with van der Waals surface area (Å²) in [5, 5.41) is 17.3. The number of aromatic amines is 2. The highest BCUT2D eigenvalue weighted by Crippen LogP contribution is 2.38. The third-order valence-electron chi connectivity index (χ3n) is 9.15. The lowest BCUT2D eigenvalue weighted by Crippen LogP contribution is -2.37. The molecule has 0 saturated carbocycles. The van der Waals surface area contributed by atoms with Gasteiger partial charge in [0, 0.05) is 47.1 Å². The van der Waals surface area contributed by atoms with E-state index in [2.05, 4.69) is 20.6 Å². The lowest BCUT2D eigenvalue weighted by Gasteiger charge is -2.12. The van der Waals surface area contributed by atoms with E-state index in [1.54, 1.807) is 43.5 Å². The van der Waals surface area contributed by atoms with E-state index in [0.29, 0.717) is 76.4 Å². The van der Waals surface area contributed by atoms with E-state index in [1.807, 2.05) is 18.2 Å². The largest absolute Gasteiger partial charge is 0.506 e. The Morgan fingerprint density at radius 3 is 1.58 bits per heavy atom. The molecule has 0 fully saturated rings. The number of rotatable bonds is 15. The summed E-state index contributed by atoms with van der Waals surface area (Å²) >= 11 is 0. The van der Waals surface area contributed by atoms with Crippen LogP contribution in [0.2, 0.25) is 0 Å². The molecule has 4 aromatic carbocycles. The molecule has 0 unspecified atom stereocenters. The van der Waals surface area contributed by atoms with Gasteiger partial charge in [-0.05, 0) is 86.3 Å². The quantitative estimate of drug-likeness (QED) is 0.0672. The zero-order valence-electron chi connectivity index (χ0n) is 30.6. The predicted octanol–water partition coefficient (Wildman–Crippen LogP) is 5.25. The van der Waals surface area contributed by atoms with Crippen molar-refractivity contribution in [1.29, 1.82) is 0 Å². The average Bonchev–Trinajstić information content (AvgIpc) is 3.79. The SMILES string of the molecule is COc1cccc2c(-c3ccc(F)cc3)c(C(=O)NC[C@@H](N)CCCN)[nH]c12.NCCC[C@H](N)CNC(=O)c1[nH]c2c(O)cccc2c1-c1ccc(F)cc1. The third kappa shape index (κ3) is 9.85. The topological polar surface area (TPSA) is 223 Å². The molecule has 13 N–H and O–H groups in total. The van der Waals surface area contributed by atoms with Gasteiger partial charge in [0.2, 0.25) is 0 Å². The van der Waals surface area contributed by atoms with Crippen molar-refractivity contribution in [2.24, 2.45) is 22.9 Å². The van der Waals surface area contributed by atoms with Crippen molar-refractivity contribution in [2.75, 3.05) is 33.3 Å². The Hall–Kier alpha value is -5.80. The Bertz CT molecular complexity index is 2200. The van der Waals surface area contributed by atoms with Gasteiger partial charge in [-0.1, -0.05) is 48.5 Å². The van der Waals surface area contributed by atoms with Crippen LogP contribution in [0, 0.1) is 11.6 Å². The first-order chi connectivity index (χ1) is 26.6. The van der Waals surface area contributed by atoms with Gasteiger partial charge < -0.3 is 53.4 Å². The van der Waals surface area contributed by atoms with E-state index in [4.69, 9.17) is 27.7 Å². The predicted molar refractivity (Wildman–Crippen MR) is 213 cm³/mol. The number of nitrogens with two attached hydrogens (primary N) is 4. The number of nitrogens with one attached hydrogen (secondary N) is 4. The number of carbonyl (C=O) groups excluding carboxylic acids is 2. The summed E-state index contributed by atoms with van der Waals surface area (Å²) in [6, 6.07) is 22.2. The third-order valence-corrected chi connectivity index (χ3v) is 9.15. The average molecular weight is 755 g/mol. The number of aromatic hydroxyl groups is 1. The fraction of sp³-hybridized carbons (Fsp3) is 0.268. The summed E-state index contributed by atoms with van der Waals surface area (Å²) in [5.41, 5.74) is 27.6. The molecule has 2 heterocycles. The van der Waals surface area contributed by atoms with E-state index >= 15 is 0 Å². The zero-order chi connectivity index (χ0) is 39.5. The van der Waals surface area contributed by atoms with Crippen molar-refractivity contribution in [3.63, 3.8) is 0 Å². The van der Waals surface area contributed by atoms with Crippen molar-refractivity contribution >= 4 is 33.6 Å². The number of para-hydroxylation sites is 2. The zero-order valence-corrected chi connectivity index (χ0v) is 30.6. The molecule has 2 atom stereocenters. The minimum absolute atomic E-state index is 0.0366. The Morgan fingerprint density at radius 1 is 0.691 bits per heavy atom. The number of ether oxygens (including phenoxy) is 1. The molecule has 0 aliphatic heterocycles. The van der Waals surface area contributed by atoms with E-state index in [0.717, 1.165) is 36.6 Å². The second-order valence-corrected chi connectivity index (χ2v) is 13.1. The summed E-state index contributed by atoms with van der Waals surface area (Å²) in [6.45, 7) is 1.77. The first kappa shape index (κ1) is 40.4. The molecular weight excluding hydrogens is 706 g/mol. The van der Waals surface area contributed by atoms with Crippen LogP contribution in [0.5, 0.6) is 11.5 Å². The molecule has 2 amide bonds. The van der Waals surface area contributed by atoms with Crippen LogP contribution in [0.3, 0.4) is 0 Å². The van der Waals surface area contributed by atoms with Gasteiger partial charge in [0.1, 0.15) is 34.5 Å². The summed E-state index contributed by atoms with van der Waals surface area (Å²) in [5.74, 6) is -0.653. The summed E-state index contributed by atoms with van der Waals surface area (Å²) in [7, 11) is 1.57. The van der Waals surface area contributed by atoms with E-state index in [-0.39, 0.29) is 41.3 Å². The Morgan fingerprint density at radius 2 is 1.13 bits per heavy atom. The normalized spacial score (nSPS) is 12.2. The highest BCUT2D eigenvalue weighted by Gasteiger charge is 2.23. The smallest absolute Gasteiger partial charge is 0.268 e. The Kier molecular flexibility index (Phi) is 13.9. The van der Waals surface area contributed by atoms with E-state index < -0.39 is 0 Å². The van der Waals surface area contributed by atoms with Crippen molar-refractivity contribution in [2.45, 2.75) is 37.8 Å². The first-order valence-corrected chi connectivity index (χ1v) is 18.1. The number of aromatic nitrogens is 2. The maximum Gasteiger partial charge on any atom is 0.268 e. The molecule has 0 aliphatic rings. The number of carbonyl (C=O) groups is 2. The number of hydrogen-bond acceptors (Lipinski definition) is 8. The van der Waals surface area contributed by atoms with Crippen LogP contribution >= 0.6 is 0 Å².